The highest BCUT2D eigenvalue weighted by Crippen LogP contribution is 2.35. The number of carbonyl (C=O) groups is 1. The van der Waals surface area contributed by atoms with Gasteiger partial charge in [0.05, 0.1) is 27.4 Å². The number of non-ortho nitro benzene ring substituents is 1. The average molecular weight is 382 g/mol. The lowest BCUT2D eigenvalue weighted by Crippen LogP contribution is -2.35. The molecule has 1 amide bonds. The SMILES string of the molecule is O=C(C1CCCC1)N(Cc1ccccn1)c1nc2ccc([N+](=O)[O-])cc2s1. The third kappa shape index (κ3) is 3.66. The number of nitro benzene ring substituents is 1. The number of amides is 1. The minimum atomic E-state index is -0.422. The first-order valence-corrected chi connectivity index (χ1v) is 9.70. The Labute approximate surface area is 159 Å². The molecule has 2 aromatic heterocycles. The highest BCUT2D eigenvalue weighted by molar-refractivity contribution is 7.22. The molecule has 7 nitrogen and oxygen atoms in total. The van der Waals surface area contributed by atoms with Gasteiger partial charge in [0.2, 0.25) is 5.91 Å². The lowest BCUT2D eigenvalue weighted by Gasteiger charge is -2.22. The largest absolute Gasteiger partial charge is 0.282 e. The molecule has 8 heteroatoms. The maximum absolute atomic E-state index is 13.2. The number of hydrogen-bond acceptors (Lipinski definition) is 6. The summed E-state index contributed by atoms with van der Waals surface area (Å²) in [7, 11) is 0. The normalized spacial score (nSPS) is 14.5. The minimum absolute atomic E-state index is 0.00932. The Bertz CT molecular complexity index is 983. The van der Waals surface area contributed by atoms with Crippen molar-refractivity contribution in [2.45, 2.75) is 32.2 Å². The van der Waals surface area contributed by atoms with E-state index in [1.54, 1.807) is 17.2 Å². The second kappa shape index (κ2) is 7.40. The molecule has 1 aliphatic rings. The van der Waals surface area contributed by atoms with E-state index < -0.39 is 4.92 Å². The summed E-state index contributed by atoms with van der Waals surface area (Å²) >= 11 is 1.31. The monoisotopic (exact) mass is 382 g/mol. The molecule has 138 valence electrons. The number of aromatic nitrogens is 2. The fourth-order valence-electron chi connectivity index (χ4n) is 3.42. The van der Waals surface area contributed by atoms with E-state index in [1.165, 1.54) is 23.5 Å². The summed E-state index contributed by atoms with van der Waals surface area (Å²) in [6.07, 6.45) is 5.64. The number of pyridine rings is 1. The molecule has 1 aromatic carbocycles. The molecule has 27 heavy (non-hydrogen) atoms. The van der Waals surface area contributed by atoms with Gasteiger partial charge in [0.1, 0.15) is 0 Å². The third-order valence-electron chi connectivity index (χ3n) is 4.82. The molecule has 1 saturated carbocycles. The summed E-state index contributed by atoms with van der Waals surface area (Å²) in [6, 6.07) is 10.2. The fraction of sp³-hybridized carbons (Fsp3) is 0.316. The first kappa shape index (κ1) is 17.5. The molecular weight excluding hydrogens is 364 g/mol. The summed E-state index contributed by atoms with van der Waals surface area (Å²) in [5.74, 6) is 0.0711. The molecule has 0 spiro atoms. The van der Waals surface area contributed by atoms with Crippen LogP contribution in [0.1, 0.15) is 31.4 Å². The zero-order valence-electron chi connectivity index (χ0n) is 14.6. The second-order valence-electron chi connectivity index (χ2n) is 6.63. The van der Waals surface area contributed by atoms with Crippen LogP contribution in [-0.2, 0) is 11.3 Å². The van der Waals surface area contributed by atoms with Crippen molar-refractivity contribution >= 4 is 38.3 Å². The maximum atomic E-state index is 13.2. The van der Waals surface area contributed by atoms with E-state index in [1.807, 2.05) is 18.2 Å². The summed E-state index contributed by atoms with van der Waals surface area (Å²) in [5.41, 5.74) is 1.47. The molecule has 4 rings (SSSR count). The van der Waals surface area contributed by atoms with Crippen LogP contribution in [0.15, 0.2) is 42.6 Å². The van der Waals surface area contributed by atoms with Crippen LogP contribution in [0.25, 0.3) is 10.2 Å². The zero-order valence-corrected chi connectivity index (χ0v) is 15.4. The van der Waals surface area contributed by atoms with Crippen LogP contribution >= 0.6 is 11.3 Å². The lowest BCUT2D eigenvalue weighted by molar-refractivity contribution is -0.384. The Kier molecular flexibility index (Phi) is 4.81. The van der Waals surface area contributed by atoms with Gasteiger partial charge in [-0.3, -0.25) is 24.8 Å². The number of hydrogen-bond donors (Lipinski definition) is 0. The number of rotatable bonds is 5. The van der Waals surface area contributed by atoms with Crippen LogP contribution in [0.2, 0.25) is 0 Å². The van der Waals surface area contributed by atoms with E-state index >= 15 is 0 Å². The first-order chi connectivity index (χ1) is 13.1. The van der Waals surface area contributed by atoms with Gasteiger partial charge in [-0.15, -0.1) is 0 Å². The van der Waals surface area contributed by atoms with Crippen molar-refractivity contribution in [3.05, 3.63) is 58.4 Å². The van der Waals surface area contributed by atoms with Gasteiger partial charge in [0.25, 0.3) is 5.69 Å². The number of nitrogens with zero attached hydrogens (tertiary/aromatic N) is 4. The van der Waals surface area contributed by atoms with Gasteiger partial charge in [-0.05, 0) is 31.0 Å². The highest BCUT2D eigenvalue weighted by Gasteiger charge is 2.30. The molecule has 0 N–H and O–H groups in total. The van der Waals surface area contributed by atoms with Gasteiger partial charge < -0.3 is 0 Å². The van der Waals surface area contributed by atoms with E-state index in [-0.39, 0.29) is 17.5 Å². The minimum Gasteiger partial charge on any atom is -0.282 e. The van der Waals surface area contributed by atoms with E-state index in [0.717, 1.165) is 31.4 Å². The number of anilines is 1. The van der Waals surface area contributed by atoms with Gasteiger partial charge in [-0.2, -0.15) is 0 Å². The van der Waals surface area contributed by atoms with Gasteiger partial charge in [0, 0.05) is 24.2 Å². The molecule has 3 aromatic rings. The quantitative estimate of drug-likeness (QED) is 0.484. The second-order valence-corrected chi connectivity index (χ2v) is 7.64. The van der Waals surface area contributed by atoms with Crippen LogP contribution in [-0.4, -0.2) is 20.8 Å². The Morgan fingerprint density at radius 1 is 1.26 bits per heavy atom. The van der Waals surface area contributed by atoms with Gasteiger partial charge in [0.15, 0.2) is 5.13 Å². The predicted molar refractivity (Wildman–Crippen MR) is 104 cm³/mol. The molecule has 0 bridgehead atoms. The highest BCUT2D eigenvalue weighted by atomic mass is 32.1. The summed E-state index contributed by atoms with van der Waals surface area (Å²) < 4.78 is 0.699. The van der Waals surface area contributed by atoms with E-state index in [2.05, 4.69) is 9.97 Å². The predicted octanol–water partition coefficient (Wildman–Crippen LogP) is 4.32. The Balaban J connectivity index is 1.71. The van der Waals surface area contributed by atoms with E-state index in [9.17, 15) is 14.9 Å². The van der Waals surface area contributed by atoms with E-state index in [4.69, 9.17) is 0 Å². The molecule has 0 atom stereocenters. The summed E-state index contributed by atoms with van der Waals surface area (Å²) in [5, 5.41) is 11.6. The van der Waals surface area contributed by atoms with Gasteiger partial charge in [-0.25, -0.2) is 4.98 Å². The van der Waals surface area contributed by atoms with Crippen molar-refractivity contribution in [2.24, 2.45) is 5.92 Å². The van der Waals surface area contributed by atoms with Crippen LogP contribution in [0.3, 0.4) is 0 Å². The first-order valence-electron chi connectivity index (χ1n) is 8.88. The molecule has 0 radical (unpaired) electrons. The molecule has 0 unspecified atom stereocenters. The smallest absolute Gasteiger partial charge is 0.270 e. The molecular formula is C19H18N4O3S. The zero-order chi connectivity index (χ0) is 18.8. The van der Waals surface area contributed by atoms with Crippen molar-refractivity contribution in [2.75, 3.05) is 4.90 Å². The van der Waals surface area contributed by atoms with Crippen molar-refractivity contribution in [1.29, 1.82) is 0 Å². The van der Waals surface area contributed by atoms with Crippen molar-refractivity contribution in [3.63, 3.8) is 0 Å². The number of benzene rings is 1. The maximum Gasteiger partial charge on any atom is 0.270 e. The van der Waals surface area contributed by atoms with Crippen molar-refractivity contribution in [3.8, 4) is 0 Å². The Morgan fingerprint density at radius 3 is 2.78 bits per heavy atom. The van der Waals surface area contributed by atoms with E-state index in [0.29, 0.717) is 21.9 Å². The average Bonchev–Trinajstić information content (AvgIpc) is 3.35. The van der Waals surface area contributed by atoms with Gasteiger partial charge >= 0.3 is 0 Å². The van der Waals surface area contributed by atoms with Crippen LogP contribution in [0, 0.1) is 16.0 Å². The fourth-order valence-corrected chi connectivity index (χ4v) is 4.42. The Morgan fingerprint density at radius 2 is 2.07 bits per heavy atom. The van der Waals surface area contributed by atoms with Crippen LogP contribution < -0.4 is 4.90 Å². The number of fused-ring (bicyclic) bond motifs is 1. The molecule has 2 heterocycles. The standard InChI is InChI=1S/C19H18N4O3S/c24-18(13-5-1-2-6-13)22(12-14-7-3-4-10-20-14)19-21-16-9-8-15(23(25)26)11-17(16)27-19/h3-4,7-11,13H,1-2,5-6,12H2. The van der Waals surface area contributed by atoms with Gasteiger partial charge in [-0.1, -0.05) is 30.2 Å². The molecule has 0 saturated heterocycles. The van der Waals surface area contributed by atoms with Crippen LogP contribution in [0.4, 0.5) is 10.8 Å². The topological polar surface area (TPSA) is 89.2 Å². The summed E-state index contributed by atoms with van der Waals surface area (Å²) in [6.45, 7) is 0.345. The summed E-state index contributed by atoms with van der Waals surface area (Å²) in [4.78, 5) is 34.4. The Hall–Kier alpha value is -2.87. The lowest BCUT2D eigenvalue weighted by atomic mass is 10.1. The molecule has 1 aliphatic carbocycles. The van der Waals surface area contributed by atoms with Crippen molar-refractivity contribution in [1.82, 2.24) is 9.97 Å². The number of nitro groups is 1. The molecule has 1 fully saturated rings. The third-order valence-corrected chi connectivity index (χ3v) is 5.86. The number of carbonyl (C=O) groups excluding carboxylic acids is 1. The van der Waals surface area contributed by atoms with Crippen molar-refractivity contribution < 1.29 is 9.72 Å². The van der Waals surface area contributed by atoms with Crippen LogP contribution in [0.5, 0.6) is 0 Å². The number of thiazole rings is 1. The molecule has 0 aliphatic heterocycles.